The summed E-state index contributed by atoms with van der Waals surface area (Å²) in [6, 6.07) is 13.9. The van der Waals surface area contributed by atoms with Gasteiger partial charge in [-0.2, -0.15) is 0 Å². The topological polar surface area (TPSA) is 28.9 Å². The quantitative estimate of drug-likeness (QED) is 0.855. The second-order valence-corrected chi connectivity index (χ2v) is 7.71. The molecule has 0 amide bonds. The molecule has 1 aromatic carbocycles. The Kier molecular flexibility index (Phi) is 3.83. The van der Waals surface area contributed by atoms with Crippen LogP contribution in [0.2, 0.25) is 0 Å². The molecule has 4 saturated heterocycles. The standard InChI is InChI=1S/C21H26N2O2/c1-24-19-7-3-2-6-17(19)18-14-23(13-16-5-4-12-25-16)20-15-8-10-22(11-9-15)21(18)20/h2-7,12,15,18,20-21H,8-11,13-14H2,1H3/t18-,20-,21-/m0/s1. The first kappa shape index (κ1) is 15.5. The van der Waals surface area contributed by atoms with E-state index < -0.39 is 0 Å². The average Bonchev–Trinajstić information content (AvgIpc) is 3.32. The largest absolute Gasteiger partial charge is 0.496 e. The first-order valence-corrected chi connectivity index (χ1v) is 9.48. The fourth-order valence-electron chi connectivity index (χ4n) is 5.57. The predicted octanol–water partition coefficient (Wildman–Crippen LogP) is 3.35. The summed E-state index contributed by atoms with van der Waals surface area (Å²) < 4.78 is 11.4. The van der Waals surface area contributed by atoms with Crippen molar-refractivity contribution < 1.29 is 9.15 Å². The van der Waals surface area contributed by atoms with Crippen molar-refractivity contribution in [2.24, 2.45) is 5.92 Å². The average molecular weight is 338 g/mol. The number of furan rings is 1. The molecular formula is C21H26N2O2. The molecule has 0 unspecified atom stereocenters. The summed E-state index contributed by atoms with van der Waals surface area (Å²) in [5.74, 6) is 3.45. The zero-order valence-electron chi connectivity index (χ0n) is 14.8. The Bertz CT molecular complexity index is 721. The van der Waals surface area contributed by atoms with Crippen molar-refractivity contribution in [2.75, 3.05) is 26.7 Å². The molecule has 3 atom stereocenters. The monoisotopic (exact) mass is 338 g/mol. The van der Waals surface area contributed by atoms with Crippen LogP contribution in [-0.4, -0.2) is 48.6 Å². The molecule has 6 rings (SSSR count). The summed E-state index contributed by atoms with van der Waals surface area (Å²) in [6.07, 6.45) is 4.47. The van der Waals surface area contributed by atoms with Gasteiger partial charge in [-0.25, -0.2) is 0 Å². The van der Waals surface area contributed by atoms with E-state index in [2.05, 4.69) is 40.1 Å². The summed E-state index contributed by atoms with van der Waals surface area (Å²) in [7, 11) is 1.79. The molecule has 0 saturated carbocycles. The highest BCUT2D eigenvalue weighted by atomic mass is 16.5. The van der Waals surface area contributed by atoms with E-state index in [9.17, 15) is 0 Å². The number of benzene rings is 1. The number of hydrogen-bond acceptors (Lipinski definition) is 4. The Hall–Kier alpha value is -1.78. The van der Waals surface area contributed by atoms with E-state index in [-0.39, 0.29) is 0 Å². The Morgan fingerprint density at radius 1 is 1.08 bits per heavy atom. The Morgan fingerprint density at radius 2 is 1.92 bits per heavy atom. The van der Waals surface area contributed by atoms with E-state index in [1.165, 1.54) is 31.5 Å². The molecule has 4 fully saturated rings. The Labute approximate surface area is 149 Å². The predicted molar refractivity (Wildman–Crippen MR) is 96.7 cm³/mol. The maximum Gasteiger partial charge on any atom is 0.122 e. The minimum Gasteiger partial charge on any atom is -0.496 e. The normalized spacial score (nSPS) is 34.2. The van der Waals surface area contributed by atoms with Crippen molar-refractivity contribution in [3.63, 3.8) is 0 Å². The summed E-state index contributed by atoms with van der Waals surface area (Å²) in [6.45, 7) is 4.52. The third kappa shape index (κ3) is 2.51. The van der Waals surface area contributed by atoms with Crippen molar-refractivity contribution >= 4 is 0 Å². The Morgan fingerprint density at radius 3 is 2.68 bits per heavy atom. The van der Waals surface area contributed by atoms with Gasteiger partial charge in [0.15, 0.2) is 0 Å². The zero-order chi connectivity index (χ0) is 16.8. The lowest BCUT2D eigenvalue weighted by molar-refractivity contribution is -0.0102. The van der Waals surface area contributed by atoms with Crippen LogP contribution in [-0.2, 0) is 6.54 Å². The maximum atomic E-state index is 5.70. The van der Waals surface area contributed by atoms with Crippen LogP contribution in [0.25, 0.3) is 0 Å². The van der Waals surface area contributed by atoms with Crippen molar-refractivity contribution in [3.05, 3.63) is 54.0 Å². The van der Waals surface area contributed by atoms with Crippen molar-refractivity contribution in [3.8, 4) is 5.75 Å². The zero-order valence-corrected chi connectivity index (χ0v) is 14.8. The van der Waals surface area contributed by atoms with Gasteiger partial charge in [0.05, 0.1) is 19.9 Å². The number of piperidine rings is 3. The van der Waals surface area contributed by atoms with Crippen molar-refractivity contribution in [1.29, 1.82) is 0 Å². The number of hydrogen-bond donors (Lipinski definition) is 0. The number of likely N-dealkylation sites (tertiary alicyclic amines) is 1. The van der Waals surface area contributed by atoms with Crippen LogP contribution in [0.4, 0.5) is 0 Å². The fraction of sp³-hybridized carbons (Fsp3) is 0.524. The van der Waals surface area contributed by atoms with Gasteiger partial charge in [-0.15, -0.1) is 0 Å². The fourth-order valence-corrected chi connectivity index (χ4v) is 5.57. The highest BCUT2D eigenvalue weighted by Gasteiger charge is 2.53. The van der Waals surface area contributed by atoms with Crippen LogP contribution in [0.1, 0.15) is 30.1 Å². The third-order valence-corrected chi connectivity index (χ3v) is 6.57. The van der Waals surface area contributed by atoms with E-state index in [1.807, 2.05) is 6.07 Å². The first-order chi connectivity index (χ1) is 12.3. The maximum absolute atomic E-state index is 5.70. The molecule has 4 aliphatic rings. The summed E-state index contributed by atoms with van der Waals surface area (Å²) in [5, 5.41) is 0. The van der Waals surface area contributed by atoms with Gasteiger partial charge in [0.25, 0.3) is 0 Å². The highest BCUT2D eigenvalue weighted by Crippen LogP contribution is 2.48. The minimum atomic E-state index is 0.513. The van der Waals surface area contributed by atoms with Crippen LogP contribution in [0.5, 0.6) is 5.75 Å². The SMILES string of the molecule is COc1ccccc1[C@@H]1CN(Cc2ccco2)[C@H]2C3CCN(CC3)[C@@H]12. The molecule has 132 valence electrons. The lowest BCUT2D eigenvalue weighted by Crippen LogP contribution is -2.59. The highest BCUT2D eigenvalue weighted by molar-refractivity contribution is 5.39. The van der Waals surface area contributed by atoms with Crippen LogP contribution >= 0.6 is 0 Å². The summed E-state index contributed by atoms with van der Waals surface area (Å²) in [5.41, 5.74) is 1.37. The van der Waals surface area contributed by atoms with E-state index >= 15 is 0 Å². The van der Waals surface area contributed by atoms with Crippen LogP contribution in [0, 0.1) is 5.92 Å². The summed E-state index contributed by atoms with van der Waals surface area (Å²) >= 11 is 0. The van der Waals surface area contributed by atoms with E-state index in [0.717, 1.165) is 30.5 Å². The van der Waals surface area contributed by atoms with E-state index in [1.54, 1.807) is 13.4 Å². The van der Waals surface area contributed by atoms with E-state index in [0.29, 0.717) is 18.0 Å². The molecule has 4 nitrogen and oxygen atoms in total. The van der Waals surface area contributed by atoms with Gasteiger partial charge in [0.1, 0.15) is 11.5 Å². The lowest BCUT2D eigenvalue weighted by Gasteiger charge is -2.51. The molecule has 0 N–H and O–H groups in total. The third-order valence-electron chi connectivity index (χ3n) is 6.57. The van der Waals surface area contributed by atoms with Crippen molar-refractivity contribution in [2.45, 2.75) is 37.4 Å². The smallest absolute Gasteiger partial charge is 0.122 e. The molecule has 0 radical (unpaired) electrons. The molecule has 1 aromatic heterocycles. The molecule has 0 spiro atoms. The number of fused-ring (bicyclic) bond motifs is 2. The molecule has 25 heavy (non-hydrogen) atoms. The van der Waals surface area contributed by atoms with Gasteiger partial charge in [-0.1, -0.05) is 18.2 Å². The second-order valence-electron chi connectivity index (χ2n) is 7.71. The first-order valence-electron chi connectivity index (χ1n) is 9.48. The molecule has 5 heterocycles. The van der Waals surface area contributed by atoms with Gasteiger partial charge < -0.3 is 9.15 Å². The second kappa shape index (κ2) is 6.19. The number of para-hydroxylation sites is 1. The number of rotatable bonds is 4. The van der Waals surface area contributed by atoms with Crippen LogP contribution < -0.4 is 4.74 Å². The molecule has 2 bridgehead atoms. The molecular weight excluding hydrogens is 312 g/mol. The Balaban J connectivity index is 1.51. The number of nitrogens with zero attached hydrogens (tertiary/aromatic N) is 2. The van der Waals surface area contributed by atoms with E-state index in [4.69, 9.17) is 9.15 Å². The molecule has 4 aliphatic heterocycles. The molecule has 2 aromatic rings. The molecule has 4 heteroatoms. The molecule has 0 aliphatic carbocycles. The summed E-state index contributed by atoms with van der Waals surface area (Å²) in [4.78, 5) is 5.42. The number of ether oxygens (including phenoxy) is 1. The van der Waals surface area contributed by atoms with Gasteiger partial charge in [0, 0.05) is 30.1 Å². The van der Waals surface area contributed by atoms with Gasteiger partial charge in [-0.3, -0.25) is 9.80 Å². The van der Waals surface area contributed by atoms with Gasteiger partial charge >= 0.3 is 0 Å². The van der Waals surface area contributed by atoms with Gasteiger partial charge in [0.2, 0.25) is 0 Å². The van der Waals surface area contributed by atoms with Crippen LogP contribution in [0.15, 0.2) is 47.1 Å². The lowest BCUT2D eigenvalue weighted by atomic mass is 9.75. The van der Waals surface area contributed by atoms with Crippen molar-refractivity contribution in [1.82, 2.24) is 9.80 Å². The van der Waals surface area contributed by atoms with Gasteiger partial charge in [-0.05, 0) is 50.0 Å². The number of methoxy groups -OCH3 is 1. The van der Waals surface area contributed by atoms with Crippen LogP contribution in [0.3, 0.4) is 0 Å². The minimum absolute atomic E-state index is 0.513.